The third kappa shape index (κ3) is 2.71. The molecule has 1 amide bonds. The monoisotopic (exact) mass is 270 g/mol. The minimum absolute atomic E-state index is 0.0469. The van der Waals surface area contributed by atoms with E-state index < -0.39 is 0 Å². The summed E-state index contributed by atoms with van der Waals surface area (Å²) in [7, 11) is 0. The first-order chi connectivity index (χ1) is 9.84. The van der Waals surface area contributed by atoms with Crippen LogP contribution in [0.25, 0.3) is 0 Å². The maximum Gasteiger partial charge on any atom is 0.273 e. The van der Waals surface area contributed by atoms with Gasteiger partial charge in [-0.05, 0) is 24.8 Å². The molecule has 2 heterocycles. The number of carbonyl (C=O) groups is 1. The van der Waals surface area contributed by atoms with E-state index in [1.165, 1.54) is 6.42 Å². The van der Waals surface area contributed by atoms with Crippen LogP contribution in [0.2, 0.25) is 0 Å². The van der Waals surface area contributed by atoms with Gasteiger partial charge in [0.05, 0.1) is 12.7 Å². The molecule has 104 valence electrons. The third-order valence-electron chi connectivity index (χ3n) is 3.66. The predicted molar refractivity (Wildman–Crippen MR) is 75.3 cm³/mol. The summed E-state index contributed by atoms with van der Waals surface area (Å²) in [5, 5.41) is 7.95. The lowest BCUT2D eigenvalue weighted by Gasteiger charge is -2.26. The first-order valence-corrected chi connectivity index (χ1v) is 7.06. The van der Waals surface area contributed by atoms with Crippen LogP contribution in [-0.4, -0.2) is 38.9 Å². The fraction of sp³-hybridized carbons (Fsp3) is 0.400. The van der Waals surface area contributed by atoms with Crippen molar-refractivity contribution in [3.8, 4) is 0 Å². The third-order valence-corrected chi connectivity index (χ3v) is 3.66. The van der Waals surface area contributed by atoms with E-state index >= 15 is 0 Å². The summed E-state index contributed by atoms with van der Waals surface area (Å²) in [5.41, 5.74) is 1.70. The summed E-state index contributed by atoms with van der Waals surface area (Å²) in [6.07, 6.45) is 4.96. The molecule has 0 radical (unpaired) electrons. The molecule has 1 aliphatic heterocycles. The minimum Gasteiger partial charge on any atom is -0.337 e. The van der Waals surface area contributed by atoms with Crippen LogP contribution >= 0.6 is 0 Å². The zero-order valence-corrected chi connectivity index (χ0v) is 11.4. The normalized spacial score (nSPS) is 15.3. The highest BCUT2D eigenvalue weighted by atomic mass is 16.2. The molecule has 1 fully saturated rings. The van der Waals surface area contributed by atoms with Crippen LogP contribution in [0.4, 0.5) is 0 Å². The van der Waals surface area contributed by atoms with Gasteiger partial charge in [-0.25, -0.2) is 4.68 Å². The van der Waals surface area contributed by atoms with Gasteiger partial charge in [-0.3, -0.25) is 4.79 Å². The molecule has 0 aliphatic carbocycles. The highest BCUT2D eigenvalue weighted by Gasteiger charge is 2.22. The van der Waals surface area contributed by atoms with E-state index in [0.29, 0.717) is 12.2 Å². The van der Waals surface area contributed by atoms with Crippen molar-refractivity contribution in [3.05, 3.63) is 47.8 Å². The second kappa shape index (κ2) is 5.86. The summed E-state index contributed by atoms with van der Waals surface area (Å²) in [4.78, 5) is 14.4. The average Bonchev–Trinajstić information content (AvgIpc) is 2.96. The van der Waals surface area contributed by atoms with Crippen LogP contribution in [0.15, 0.2) is 36.5 Å². The molecule has 5 nitrogen and oxygen atoms in total. The minimum atomic E-state index is 0.0469. The molecule has 0 bridgehead atoms. The number of nitrogens with zero attached hydrogens (tertiary/aromatic N) is 4. The standard InChI is InChI=1S/C15H18N4O/c20-15(18-9-5-2-6-10-18)14-11-16-17-19(14)12-13-7-3-1-4-8-13/h1,3-4,7-8,11H,2,5-6,9-10,12H2. The summed E-state index contributed by atoms with van der Waals surface area (Å²) in [6, 6.07) is 10.00. The van der Waals surface area contributed by atoms with Gasteiger partial charge < -0.3 is 4.90 Å². The molecule has 20 heavy (non-hydrogen) atoms. The van der Waals surface area contributed by atoms with Gasteiger partial charge in [0.1, 0.15) is 5.69 Å². The van der Waals surface area contributed by atoms with Crippen molar-refractivity contribution < 1.29 is 4.79 Å². The highest BCUT2D eigenvalue weighted by molar-refractivity contribution is 5.92. The summed E-state index contributed by atoms with van der Waals surface area (Å²) >= 11 is 0. The van der Waals surface area contributed by atoms with Crippen molar-refractivity contribution in [2.45, 2.75) is 25.8 Å². The van der Waals surface area contributed by atoms with Crippen molar-refractivity contribution >= 4 is 5.91 Å². The van der Waals surface area contributed by atoms with Crippen molar-refractivity contribution in [1.29, 1.82) is 0 Å². The number of hydrogen-bond acceptors (Lipinski definition) is 3. The number of aromatic nitrogens is 3. The zero-order chi connectivity index (χ0) is 13.8. The lowest BCUT2D eigenvalue weighted by molar-refractivity contribution is 0.0712. The second-order valence-corrected chi connectivity index (χ2v) is 5.12. The maximum absolute atomic E-state index is 12.5. The van der Waals surface area contributed by atoms with Crippen molar-refractivity contribution in [1.82, 2.24) is 19.9 Å². The van der Waals surface area contributed by atoms with Gasteiger partial charge in [0.15, 0.2) is 0 Å². The van der Waals surface area contributed by atoms with Gasteiger partial charge >= 0.3 is 0 Å². The fourth-order valence-electron chi connectivity index (χ4n) is 2.56. The number of likely N-dealkylation sites (tertiary alicyclic amines) is 1. The Morgan fingerprint density at radius 3 is 2.60 bits per heavy atom. The van der Waals surface area contributed by atoms with Gasteiger partial charge in [-0.15, -0.1) is 5.10 Å². The van der Waals surface area contributed by atoms with E-state index in [2.05, 4.69) is 10.3 Å². The van der Waals surface area contributed by atoms with Crippen molar-refractivity contribution in [3.63, 3.8) is 0 Å². The van der Waals surface area contributed by atoms with Gasteiger partial charge in [0.25, 0.3) is 5.91 Å². The molecule has 1 aliphatic rings. The topological polar surface area (TPSA) is 51.0 Å². The Balaban J connectivity index is 1.77. The molecule has 0 N–H and O–H groups in total. The smallest absolute Gasteiger partial charge is 0.273 e. The molecule has 1 aromatic carbocycles. The van der Waals surface area contributed by atoms with Crippen LogP contribution in [0.5, 0.6) is 0 Å². The van der Waals surface area contributed by atoms with E-state index in [1.54, 1.807) is 10.9 Å². The lowest BCUT2D eigenvalue weighted by Crippen LogP contribution is -2.36. The molecule has 1 aromatic heterocycles. The van der Waals surface area contributed by atoms with Gasteiger partial charge in [0.2, 0.25) is 0 Å². The van der Waals surface area contributed by atoms with Crippen LogP contribution < -0.4 is 0 Å². The van der Waals surface area contributed by atoms with E-state index in [0.717, 1.165) is 31.5 Å². The van der Waals surface area contributed by atoms with Gasteiger partial charge in [-0.2, -0.15) is 0 Å². The first-order valence-electron chi connectivity index (χ1n) is 7.06. The Morgan fingerprint density at radius 1 is 1.10 bits per heavy atom. The molecule has 2 aromatic rings. The number of hydrogen-bond donors (Lipinski definition) is 0. The molecule has 0 atom stereocenters. The van der Waals surface area contributed by atoms with Crippen LogP contribution in [-0.2, 0) is 6.54 Å². The quantitative estimate of drug-likeness (QED) is 0.856. The predicted octanol–water partition coefficient (Wildman–Crippen LogP) is 1.95. The van der Waals surface area contributed by atoms with E-state index in [1.807, 2.05) is 35.2 Å². The van der Waals surface area contributed by atoms with Crippen LogP contribution in [0.3, 0.4) is 0 Å². The molecule has 0 unspecified atom stereocenters. The average molecular weight is 270 g/mol. The largest absolute Gasteiger partial charge is 0.337 e. The number of piperidine rings is 1. The molecule has 0 spiro atoms. The highest BCUT2D eigenvalue weighted by Crippen LogP contribution is 2.13. The van der Waals surface area contributed by atoms with Crippen molar-refractivity contribution in [2.24, 2.45) is 0 Å². The molecular weight excluding hydrogens is 252 g/mol. The Labute approximate surface area is 118 Å². The maximum atomic E-state index is 12.5. The zero-order valence-electron chi connectivity index (χ0n) is 11.4. The SMILES string of the molecule is O=C(c1cnnn1Cc1ccccc1)N1CCCCC1. The number of rotatable bonds is 3. The molecule has 1 saturated heterocycles. The number of benzene rings is 1. The summed E-state index contributed by atoms with van der Waals surface area (Å²) in [6.45, 7) is 2.26. The molecular formula is C15H18N4O. The molecule has 0 saturated carbocycles. The molecule has 3 rings (SSSR count). The second-order valence-electron chi connectivity index (χ2n) is 5.12. The summed E-state index contributed by atoms with van der Waals surface area (Å²) in [5.74, 6) is 0.0469. The summed E-state index contributed by atoms with van der Waals surface area (Å²) < 4.78 is 1.69. The van der Waals surface area contributed by atoms with E-state index in [9.17, 15) is 4.79 Å². The van der Waals surface area contributed by atoms with Gasteiger partial charge in [-0.1, -0.05) is 35.5 Å². The number of carbonyl (C=O) groups excluding carboxylic acids is 1. The number of amides is 1. The Morgan fingerprint density at radius 2 is 1.85 bits per heavy atom. The Hall–Kier alpha value is -2.17. The van der Waals surface area contributed by atoms with Crippen LogP contribution in [0.1, 0.15) is 35.3 Å². The van der Waals surface area contributed by atoms with Crippen molar-refractivity contribution in [2.75, 3.05) is 13.1 Å². The van der Waals surface area contributed by atoms with Crippen LogP contribution in [0, 0.1) is 0 Å². The van der Waals surface area contributed by atoms with E-state index in [4.69, 9.17) is 0 Å². The lowest BCUT2D eigenvalue weighted by atomic mass is 10.1. The first kappa shape index (κ1) is 12.8. The Bertz CT molecular complexity index is 573. The Kier molecular flexibility index (Phi) is 3.76. The van der Waals surface area contributed by atoms with Gasteiger partial charge in [0, 0.05) is 13.1 Å². The molecule has 5 heteroatoms. The fourth-order valence-corrected chi connectivity index (χ4v) is 2.56. The van der Waals surface area contributed by atoms with E-state index in [-0.39, 0.29) is 5.91 Å².